The number of hydrogen-bond donors (Lipinski definition) is 2. The van der Waals surface area contributed by atoms with Crippen LogP contribution in [-0.2, 0) is 4.74 Å². The summed E-state index contributed by atoms with van der Waals surface area (Å²) in [6, 6.07) is 11.6. The molecule has 2 aliphatic rings. The monoisotopic (exact) mass is 549 g/mol. The van der Waals surface area contributed by atoms with Crippen molar-refractivity contribution in [3.05, 3.63) is 42.3 Å². The Morgan fingerprint density at radius 1 is 1.10 bits per heavy atom. The number of carbonyl (C=O) groups excluding carboxylic acids is 1. The zero-order chi connectivity index (χ0) is 28.3. The number of likely N-dealkylation sites (tertiary alicyclic amines) is 1. The first-order chi connectivity index (χ1) is 19.1. The molecule has 0 spiro atoms. The third-order valence-corrected chi connectivity index (χ3v) is 7.09. The van der Waals surface area contributed by atoms with E-state index in [0.717, 1.165) is 35.1 Å². The van der Waals surface area contributed by atoms with Gasteiger partial charge in [0.1, 0.15) is 17.4 Å². The van der Waals surface area contributed by atoms with Crippen LogP contribution in [0.25, 0.3) is 22.2 Å². The molecule has 11 nitrogen and oxygen atoms in total. The number of nitrogens with one attached hydrogen (secondary N) is 1. The Morgan fingerprint density at radius 3 is 2.60 bits per heavy atom. The SMILES string of the molecule is CC(C)(C)OC(=O)N=C(NC(=O)O)N1CCC[C@H]1c1nc(-c2ccc3cc(OCC4CCCC4)ccc3c2)no1. The molecule has 1 aromatic heterocycles. The van der Waals surface area contributed by atoms with Gasteiger partial charge in [0, 0.05) is 12.1 Å². The normalized spacial score (nSPS) is 18.3. The largest absolute Gasteiger partial charge is 0.493 e. The molecule has 212 valence electrons. The maximum absolute atomic E-state index is 12.3. The van der Waals surface area contributed by atoms with Crippen molar-refractivity contribution in [2.45, 2.75) is 70.9 Å². The summed E-state index contributed by atoms with van der Waals surface area (Å²) in [5.41, 5.74) is 0.0166. The molecule has 2 heterocycles. The van der Waals surface area contributed by atoms with Gasteiger partial charge in [-0.15, -0.1) is 4.99 Å². The lowest BCUT2D eigenvalue weighted by molar-refractivity contribution is 0.0600. The maximum atomic E-state index is 12.3. The molecule has 1 saturated carbocycles. The number of hydrogen-bond acceptors (Lipinski definition) is 7. The molecule has 3 aromatic rings. The van der Waals surface area contributed by atoms with Crippen molar-refractivity contribution in [3.63, 3.8) is 0 Å². The summed E-state index contributed by atoms with van der Waals surface area (Å²) in [5, 5.41) is 17.8. The average molecular weight is 550 g/mol. The van der Waals surface area contributed by atoms with Crippen molar-refractivity contribution in [2.24, 2.45) is 10.9 Å². The molecular weight excluding hydrogens is 514 g/mol. The highest BCUT2D eigenvalue weighted by Gasteiger charge is 2.35. The summed E-state index contributed by atoms with van der Waals surface area (Å²) in [7, 11) is 0. The smallest absolute Gasteiger partial charge is 0.437 e. The van der Waals surface area contributed by atoms with Gasteiger partial charge in [-0.1, -0.05) is 36.2 Å². The number of rotatable bonds is 5. The highest BCUT2D eigenvalue weighted by atomic mass is 16.6. The van der Waals surface area contributed by atoms with Crippen LogP contribution in [0.1, 0.15) is 71.2 Å². The lowest BCUT2D eigenvalue weighted by Crippen LogP contribution is -2.44. The van der Waals surface area contributed by atoms with E-state index in [-0.39, 0.29) is 5.96 Å². The van der Waals surface area contributed by atoms with E-state index in [9.17, 15) is 14.7 Å². The number of carboxylic acid groups (broad SMARTS) is 1. The predicted molar refractivity (Wildman–Crippen MR) is 148 cm³/mol. The van der Waals surface area contributed by atoms with Crippen LogP contribution in [0.3, 0.4) is 0 Å². The van der Waals surface area contributed by atoms with Crippen molar-refractivity contribution in [1.29, 1.82) is 0 Å². The molecule has 1 saturated heterocycles. The van der Waals surface area contributed by atoms with E-state index >= 15 is 0 Å². The summed E-state index contributed by atoms with van der Waals surface area (Å²) in [5.74, 6) is 2.12. The summed E-state index contributed by atoms with van der Waals surface area (Å²) in [6.07, 6.45) is 4.19. The van der Waals surface area contributed by atoms with Crippen LogP contribution in [0.15, 0.2) is 45.9 Å². The van der Waals surface area contributed by atoms with E-state index in [1.807, 2.05) is 36.4 Å². The first kappa shape index (κ1) is 27.4. The summed E-state index contributed by atoms with van der Waals surface area (Å²) >= 11 is 0. The van der Waals surface area contributed by atoms with Crippen LogP contribution in [0.5, 0.6) is 5.75 Å². The maximum Gasteiger partial charge on any atom is 0.437 e. The van der Waals surface area contributed by atoms with Crippen LogP contribution in [0, 0.1) is 5.92 Å². The Kier molecular flexibility index (Phi) is 7.90. The van der Waals surface area contributed by atoms with Crippen LogP contribution in [0.4, 0.5) is 9.59 Å². The lowest BCUT2D eigenvalue weighted by atomic mass is 10.1. The summed E-state index contributed by atoms with van der Waals surface area (Å²) < 4.78 is 16.9. The molecule has 0 radical (unpaired) electrons. The topological polar surface area (TPSA) is 139 Å². The quantitative estimate of drug-likeness (QED) is 0.283. The zero-order valence-electron chi connectivity index (χ0n) is 23.1. The van der Waals surface area contributed by atoms with Gasteiger partial charge in [-0.2, -0.15) is 4.98 Å². The van der Waals surface area contributed by atoms with Crippen LogP contribution in [-0.4, -0.2) is 57.0 Å². The Morgan fingerprint density at radius 2 is 1.85 bits per heavy atom. The predicted octanol–water partition coefficient (Wildman–Crippen LogP) is 6.15. The Balaban J connectivity index is 1.32. The van der Waals surface area contributed by atoms with E-state index in [1.165, 1.54) is 25.7 Å². The van der Waals surface area contributed by atoms with Crippen molar-refractivity contribution >= 4 is 28.9 Å². The minimum Gasteiger partial charge on any atom is -0.493 e. The molecule has 1 aliphatic heterocycles. The number of benzene rings is 2. The van der Waals surface area contributed by atoms with Crippen molar-refractivity contribution < 1.29 is 28.7 Å². The average Bonchev–Trinajstić information content (AvgIpc) is 3.67. The van der Waals surface area contributed by atoms with Gasteiger partial charge in [-0.05, 0) is 81.3 Å². The molecule has 2 amide bonds. The van der Waals surface area contributed by atoms with E-state index in [1.54, 1.807) is 25.7 Å². The van der Waals surface area contributed by atoms with Gasteiger partial charge in [0.25, 0.3) is 0 Å². The summed E-state index contributed by atoms with van der Waals surface area (Å²) in [6.45, 7) is 6.34. The summed E-state index contributed by atoms with van der Waals surface area (Å²) in [4.78, 5) is 33.9. The fourth-order valence-corrected chi connectivity index (χ4v) is 5.24. The number of aliphatic imine (C=N–C) groups is 1. The second-order valence-corrected chi connectivity index (χ2v) is 11.3. The van der Waals surface area contributed by atoms with Crippen molar-refractivity contribution in [2.75, 3.05) is 13.2 Å². The third-order valence-electron chi connectivity index (χ3n) is 7.09. The number of nitrogens with zero attached hydrogens (tertiary/aromatic N) is 4. The van der Waals surface area contributed by atoms with E-state index < -0.39 is 23.8 Å². The number of fused-ring (bicyclic) bond motifs is 1. The molecule has 0 bridgehead atoms. The first-order valence-corrected chi connectivity index (χ1v) is 13.7. The molecule has 11 heteroatoms. The number of carbonyl (C=O) groups is 2. The van der Waals surface area contributed by atoms with Crippen molar-refractivity contribution in [1.82, 2.24) is 20.4 Å². The van der Waals surface area contributed by atoms with E-state index in [4.69, 9.17) is 14.0 Å². The Labute approximate surface area is 232 Å². The molecule has 2 fully saturated rings. The standard InChI is InChI=1S/C29H35N5O6/c1-29(2,3)39-28(37)32-26(31-27(35)36)34-14-6-9-23(34)25-30-24(33-40-25)21-11-10-20-16-22(13-12-19(20)15-21)38-17-18-7-4-5-8-18/h10-13,15-16,18,23H,4-9,14,17H2,1-3H3,(H,35,36)(H,31,32,37)/t23-/m0/s1. The van der Waals surface area contributed by atoms with Gasteiger partial charge in [0.15, 0.2) is 0 Å². The van der Waals surface area contributed by atoms with E-state index in [2.05, 4.69) is 20.4 Å². The van der Waals surface area contributed by atoms with Gasteiger partial charge in [0.05, 0.1) is 6.61 Å². The molecule has 1 aliphatic carbocycles. The number of guanidine groups is 1. The number of aromatic nitrogens is 2. The third kappa shape index (κ3) is 6.70. The molecule has 40 heavy (non-hydrogen) atoms. The highest BCUT2D eigenvalue weighted by Crippen LogP contribution is 2.33. The van der Waals surface area contributed by atoms with E-state index in [0.29, 0.717) is 30.6 Å². The molecule has 0 unspecified atom stereocenters. The van der Waals surface area contributed by atoms with Crippen LogP contribution in [0.2, 0.25) is 0 Å². The second kappa shape index (κ2) is 11.5. The second-order valence-electron chi connectivity index (χ2n) is 11.3. The van der Waals surface area contributed by atoms with Gasteiger partial charge in [0.2, 0.25) is 17.7 Å². The molecule has 2 aromatic carbocycles. The van der Waals surface area contributed by atoms with Crippen LogP contribution >= 0.6 is 0 Å². The molecule has 2 N–H and O–H groups in total. The number of amides is 2. The Hall–Kier alpha value is -4.15. The zero-order valence-corrected chi connectivity index (χ0v) is 23.1. The molecule has 5 rings (SSSR count). The first-order valence-electron chi connectivity index (χ1n) is 13.7. The Bertz CT molecular complexity index is 1410. The fraction of sp³-hybridized carbons (Fsp3) is 0.483. The van der Waals surface area contributed by atoms with Crippen molar-refractivity contribution in [3.8, 4) is 17.1 Å². The lowest BCUT2D eigenvalue weighted by Gasteiger charge is -2.25. The molecule has 1 atom stereocenters. The van der Waals surface area contributed by atoms with Gasteiger partial charge >= 0.3 is 12.2 Å². The number of ether oxygens (including phenoxy) is 2. The molecular formula is C29H35N5O6. The van der Waals surface area contributed by atoms with Crippen LogP contribution < -0.4 is 10.1 Å². The minimum absolute atomic E-state index is 0.138. The highest BCUT2D eigenvalue weighted by molar-refractivity contribution is 5.98. The van der Waals surface area contributed by atoms with Gasteiger partial charge in [-0.3, -0.25) is 5.32 Å². The minimum atomic E-state index is -1.34. The van der Waals surface area contributed by atoms with Gasteiger partial charge in [-0.25, -0.2) is 9.59 Å². The van der Waals surface area contributed by atoms with Gasteiger partial charge < -0.3 is 24.0 Å². The fourth-order valence-electron chi connectivity index (χ4n) is 5.24.